The van der Waals surface area contributed by atoms with Gasteiger partial charge in [-0.1, -0.05) is 0 Å². The van der Waals surface area contributed by atoms with Gasteiger partial charge in [0.15, 0.2) is 0 Å². The molecule has 0 aromatic carbocycles. The van der Waals surface area contributed by atoms with E-state index in [2.05, 4.69) is 12.2 Å². The average molecular weight is 171 g/mol. The van der Waals surface area contributed by atoms with Crippen LogP contribution < -0.4 is 5.32 Å². The van der Waals surface area contributed by atoms with Crippen LogP contribution in [-0.4, -0.2) is 24.7 Å². The molecule has 0 amide bonds. The standard InChI is InChI=1S/C9H17NO2/c1-3-12-8(11)4-7-10-9(2)5-6-9/h10H,3-7H2,1-2H3. The van der Waals surface area contributed by atoms with Crippen molar-refractivity contribution in [2.45, 2.75) is 38.6 Å². The summed E-state index contributed by atoms with van der Waals surface area (Å²) in [5.41, 5.74) is 0.326. The first-order valence-corrected chi connectivity index (χ1v) is 4.57. The minimum atomic E-state index is -0.103. The molecule has 0 spiro atoms. The zero-order valence-electron chi connectivity index (χ0n) is 7.85. The maximum Gasteiger partial charge on any atom is 0.307 e. The number of carbonyl (C=O) groups excluding carboxylic acids is 1. The highest BCUT2D eigenvalue weighted by Gasteiger charge is 2.36. The fourth-order valence-electron chi connectivity index (χ4n) is 1.06. The van der Waals surface area contributed by atoms with Crippen molar-refractivity contribution in [1.82, 2.24) is 5.32 Å². The monoisotopic (exact) mass is 171 g/mol. The SMILES string of the molecule is CCOC(=O)CCNC1(C)CC1. The van der Waals surface area contributed by atoms with Gasteiger partial charge >= 0.3 is 5.97 Å². The average Bonchev–Trinajstić information content (AvgIpc) is 2.69. The minimum absolute atomic E-state index is 0.103. The summed E-state index contributed by atoms with van der Waals surface area (Å²) in [4.78, 5) is 10.9. The molecule has 0 aromatic rings. The number of nitrogens with one attached hydrogen (secondary N) is 1. The molecular formula is C9H17NO2. The van der Waals surface area contributed by atoms with Gasteiger partial charge in [-0.3, -0.25) is 4.79 Å². The summed E-state index contributed by atoms with van der Waals surface area (Å²) in [6.45, 7) is 5.23. The number of hydrogen-bond acceptors (Lipinski definition) is 3. The maximum absolute atomic E-state index is 10.9. The van der Waals surface area contributed by atoms with Crippen LogP contribution in [-0.2, 0) is 9.53 Å². The molecule has 0 radical (unpaired) electrons. The summed E-state index contributed by atoms with van der Waals surface area (Å²) in [5.74, 6) is -0.103. The van der Waals surface area contributed by atoms with Crippen LogP contribution in [0.2, 0.25) is 0 Å². The van der Waals surface area contributed by atoms with Gasteiger partial charge in [-0.15, -0.1) is 0 Å². The van der Waals surface area contributed by atoms with Crippen molar-refractivity contribution in [1.29, 1.82) is 0 Å². The molecule has 0 aliphatic heterocycles. The van der Waals surface area contributed by atoms with Gasteiger partial charge in [-0.25, -0.2) is 0 Å². The molecule has 12 heavy (non-hydrogen) atoms. The van der Waals surface area contributed by atoms with E-state index in [0.717, 1.165) is 6.54 Å². The van der Waals surface area contributed by atoms with Gasteiger partial charge in [0, 0.05) is 12.1 Å². The Bertz CT molecular complexity index is 164. The molecule has 0 bridgehead atoms. The lowest BCUT2D eigenvalue weighted by molar-refractivity contribution is -0.143. The molecule has 1 fully saturated rings. The summed E-state index contributed by atoms with van der Waals surface area (Å²) in [6.07, 6.45) is 2.95. The quantitative estimate of drug-likeness (QED) is 0.629. The zero-order chi connectivity index (χ0) is 9.03. The minimum Gasteiger partial charge on any atom is -0.466 e. The van der Waals surface area contributed by atoms with E-state index in [1.54, 1.807) is 0 Å². The molecular weight excluding hydrogens is 154 g/mol. The number of carbonyl (C=O) groups is 1. The first-order valence-electron chi connectivity index (χ1n) is 4.57. The molecule has 3 nitrogen and oxygen atoms in total. The lowest BCUT2D eigenvalue weighted by Gasteiger charge is -2.09. The van der Waals surface area contributed by atoms with Gasteiger partial charge in [0.2, 0.25) is 0 Å². The predicted molar refractivity (Wildman–Crippen MR) is 46.9 cm³/mol. The van der Waals surface area contributed by atoms with Crippen molar-refractivity contribution in [3.8, 4) is 0 Å². The van der Waals surface area contributed by atoms with Crippen molar-refractivity contribution >= 4 is 5.97 Å². The number of esters is 1. The smallest absolute Gasteiger partial charge is 0.307 e. The third-order valence-electron chi connectivity index (χ3n) is 2.19. The summed E-state index contributed by atoms with van der Waals surface area (Å²) < 4.78 is 4.80. The molecule has 0 heterocycles. The van der Waals surface area contributed by atoms with Crippen molar-refractivity contribution in [3.63, 3.8) is 0 Å². The van der Waals surface area contributed by atoms with Gasteiger partial charge in [-0.2, -0.15) is 0 Å². The van der Waals surface area contributed by atoms with Crippen molar-refractivity contribution in [3.05, 3.63) is 0 Å². The molecule has 1 N–H and O–H groups in total. The van der Waals surface area contributed by atoms with Crippen molar-refractivity contribution in [2.75, 3.05) is 13.2 Å². The Morgan fingerprint density at radius 1 is 1.58 bits per heavy atom. The molecule has 70 valence electrons. The lowest BCUT2D eigenvalue weighted by Crippen LogP contribution is -2.30. The van der Waals surface area contributed by atoms with Gasteiger partial charge in [0.1, 0.15) is 0 Å². The molecule has 0 atom stereocenters. The summed E-state index contributed by atoms with van der Waals surface area (Å²) >= 11 is 0. The second-order valence-corrected chi connectivity index (χ2v) is 3.54. The van der Waals surface area contributed by atoms with E-state index in [9.17, 15) is 4.79 Å². The van der Waals surface area contributed by atoms with E-state index in [4.69, 9.17) is 4.74 Å². The van der Waals surface area contributed by atoms with Gasteiger partial charge in [0.25, 0.3) is 0 Å². The third kappa shape index (κ3) is 3.22. The number of hydrogen-bond donors (Lipinski definition) is 1. The summed E-state index contributed by atoms with van der Waals surface area (Å²) in [6, 6.07) is 0. The van der Waals surface area contributed by atoms with E-state index >= 15 is 0 Å². The Hall–Kier alpha value is -0.570. The number of rotatable bonds is 5. The first kappa shape index (κ1) is 9.52. The Kier molecular flexibility index (Phi) is 3.09. The molecule has 1 aliphatic carbocycles. The van der Waals surface area contributed by atoms with Crippen LogP contribution in [0.1, 0.15) is 33.1 Å². The second-order valence-electron chi connectivity index (χ2n) is 3.54. The molecule has 1 aliphatic rings. The second kappa shape index (κ2) is 3.90. The van der Waals surface area contributed by atoms with Crippen LogP contribution in [0.4, 0.5) is 0 Å². The predicted octanol–water partition coefficient (Wildman–Crippen LogP) is 1.08. The lowest BCUT2D eigenvalue weighted by atomic mass is 10.3. The van der Waals surface area contributed by atoms with Gasteiger partial charge < -0.3 is 10.1 Å². The Labute approximate surface area is 73.5 Å². The fraction of sp³-hybridized carbons (Fsp3) is 0.889. The van der Waals surface area contributed by atoms with Crippen LogP contribution in [0, 0.1) is 0 Å². The Balaban J connectivity index is 1.98. The van der Waals surface area contributed by atoms with E-state index in [1.165, 1.54) is 12.8 Å². The first-order chi connectivity index (χ1) is 5.66. The maximum atomic E-state index is 10.9. The fourth-order valence-corrected chi connectivity index (χ4v) is 1.06. The van der Waals surface area contributed by atoms with Crippen LogP contribution in [0.25, 0.3) is 0 Å². The zero-order valence-corrected chi connectivity index (χ0v) is 7.85. The van der Waals surface area contributed by atoms with Crippen LogP contribution >= 0.6 is 0 Å². The highest BCUT2D eigenvalue weighted by molar-refractivity contribution is 5.69. The van der Waals surface area contributed by atoms with Gasteiger partial charge in [0.05, 0.1) is 13.0 Å². The van der Waals surface area contributed by atoms with E-state index < -0.39 is 0 Å². The van der Waals surface area contributed by atoms with Crippen LogP contribution in [0.15, 0.2) is 0 Å². The van der Waals surface area contributed by atoms with E-state index in [-0.39, 0.29) is 5.97 Å². The van der Waals surface area contributed by atoms with Crippen LogP contribution in [0.3, 0.4) is 0 Å². The summed E-state index contributed by atoms with van der Waals surface area (Å²) in [7, 11) is 0. The Morgan fingerprint density at radius 2 is 2.25 bits per heavy atom. The van der Waals surface area contributed by atoms with E-state index in [1.807, 2.05) is 6.92 Å². The topological polar surface area (TPSA) is 38.3 Å². The molecule has 1 rings (SSSR count). The normalized spacial score (nSPS) is 18.8. The van der Waals surface area contributed by atoms with E-state index in [0.29, 0.717) is 18.6 Å². The molecule has 0 saturated heterocycles. The highest BCUT2D eigenvalue weighted by Crippen LogP contribution is 2.33. The van der Waals surface area contributed by atoms with Gasteiger partial charge in [-0.05, 0) is 26.7 Å². The molecule has 0 unspecified atom stereocenters. The Morgan fingerprint density at radius 3 is 2.75 bits per heavy atom. The van der Waals surface area contributed by atoms with Crippen molar-refractivity contribution in [2.24, 2.45) is 0 Å². The van der Waals surface area contributed by atoms with Crippen LogP contribution in [0.5, 0.6) is 0 Å². The van der Waals surface area contributed by atoms with Crippen molar-refractivity contribution < 1.29 is 9.53 Å². The molecule has 1 saturated carbocycles. The molecule has 0 aromatic heterocycles. The largest absolute Gasteiger partial charge is 0.466 e. The highest BCUT2D eigenvalue weighted by atomic mass is 16.5. The molecule has 3 heteroatoms. The third-order valence-corrected chi connectivity index (χ3v) is 2.19. The number of ether oxygens (including phenoxy) is 1. The summed E-state index contributed by atoms with van der Waals surface area (Å²) in [5, 5.41) is 3.32.